The van der Waals surface area contributed by atoms with E-state index in [9.17, 15) is 8.42 Å². The molecule has 0 bridgehead atoms. The molecule has 0 amide bonds. The summed E-state index contributed by atoms with van der Waals surface area (Å²) in [7, 11) is -2.84. The largest absolute Gasteiger partial charge is 0.314 e. The zero-order chi connectivity index (χ0) is 13.7. The Morgan fingerprint density at radius 1 is 1.21 bits per heavy atom. The summed E-state index contributed by atoms with van der Waals surface area (Å²) in [5, 5.41) is 3.48. The van der Waals surface area contributed by atoms with Crippen LogP contribution in [0.5, 0.6) is 0 Å². The Morgan fingerprint density at radius 3 is 2.63 bits per heavy atom. The Labute approximate surface area is 117 Å². The van der Waals surface area contributed by atoms with Gasteiger partial charge in [0.2, 0.25) is 0 Å². The van der Waals surface area contributed by atoms with Gasteiger partial charge in [-0.1, -0.05) is 26.2 Å². The molecule has 2 fully saturated rings. The Bertz CT molecular complexity index is 364. The van der Waals surface area contributed by atoms with E-state index in [1.54, 1.807) is 6.92 Å². The molecule has 0 aromatic heterocycles. The molecule has 19 heavy (non-hydrogen) atoms. The molecule has 5 heteroatoms. The standard InChI is InChI=1S/C14H28N2O2S/c1-2-19(17,18)11-10-16-9-8-15-12-14(16)13-6-4-3-5-7-13/h13-15H,2-12H2,1H3. The molecule has 4 nitrogen and oxygen atoms in total. The quantitative estimate of drug-likeness (QED) is 0.828. The number of rotatable bonds is 5. The van der Waals surface area contributed by atoms with Gasteiger partial charge in [0.15, 0.2) is 9.84 Å². The van der Waals surface area contributed by atoms with Gasteiger partial charge in [-0.05, 0) is 18.8 Å². The maximum atomic E-state index is 11.7. The first kappa shape index (κ1) is 15.3. The van der Waals surface area contributed by atoms with Gasteiger partial charge in [0, 0.05) is 38.0 Å². The number of sulfone groups is 1. The molecule has 112 valence electrons. The van der Waals surface area contributed by atoms with E-state index < -0.39 is 9.84 Å². The highest BCUT2D eigenvalue weighted by Crippen LogP contribution is 2.29. The minimum atomic E-state index is -2.84. The third kappa shape index (κ3) is 4.43. The van der Waals surface area contributed by atoms with Crippen LogP contribution in [0.3, 0.4) is 0 Å². The molecular weight excluding hydrogens is 260 g/mol. The minimum absolute atomic E-state index is 0.271. The lowest BCUT2D eigenvalue weighted by molar-refractivity contribution is 0.0986. The van der Waals surface area contributed by atoms with Gasteiger partial charge >= 0.3 is 0 Å². The molecular formula is C14H28N2O2S. The summed E-state index contributed by atoms with van der Waals surface area (Å²) in [5.41, 5.74) is 0. The van der Waals surface area contributed by atoms with Crippen molar-refractivity contribution >= 4 is 9.84 Å². The lowest BCUT2D eigenvalue weighted by atomic mass is 9.82. The summed E-state index contributed by atoms with van der Waals surface area (Å²) in [5.74, 6) is 1.37. The fraction of sp³-hybridized carbons (Fsp3) is 1.00. The van der Waals surface area contributed by atoms with Gasteiger partial charge in [0.1, 0.15) is 0 Å². The Balaban J connectivity index is 1.91. The highest BCUT2D eigenvalue weighted by atomic mass is 32.2. The smallest absolute Gasteiger partial charge is 0.151 e. The van der Waals surface area contributed by atoms with Crippen LogP contribution in [0.2, 0.25) is 0 Å². The molecule has 1 saturated heterocycles. The molecule has 1 heterocycles. The predicted molar refractivity (Wildman–Crippen MR) is 79.1 cm³/mol. The van der Waals surface area contributed by atoms with Crippen LogP contribution in [-0.2, 0) is 9.84 Å². The van der Waals surface area contributed by atoms with Crippen LogP contribution in [0.25, 0.3) is 0 Å². The van der Waals surface area contributed by atoms with Crippen molar-refractivity contribution in [3.8, 4) is 0 Å². The van der Waals surface area contributed by atoms with Crippen LogP contribution in [-0.4, -0.2) is 57.0 Å². The first-order chi connectivity index (χ1) is 9.12. The molecule has 0 aromatic rings. The fourth-order valence-electron chi connectivity index (χ4n) is 3.43. The number of hydrogen-bond acceptors (Lipinski definition) is 4. The molecule has 1 N–H and O–H groups in total. The summed E-state index contributed by atoms with van der Waals surface area (Å²) < 4.78 is 23.4. The first-order valence-corrected chi connectivity index (χ1v) is 9.59. The molecule has 0 spiro atoms. The molecule has 0 radical (unpaired) electrons. The minimum Gasteiger partial charge on any atom is -0.314 e. The van der Waals surface area contributed by atoms with E-state index in [1.807, 2.05) is 0 Å². The third-order valence-electron chi connectivity index (χ3n) is 4.72. The van der Waals surface area contributed by atoms with E-state index in [0.29, 0.717) is 11.8 Å². The van der Waals surface area contributed by atoms with Crippen molar-refractivity contribution in [1.82, 2.24) is 10.2 Å². The highest BCUT2D eigenvalue weighted by Gasteiger charge is 2.30. The van der Waals surface area contributed by atoms with Gasteiger partial charge < -0.3 is 5.32 Å². The SMILES string of the molecule is CCS(=O)(=O)CCN1CCNCC1C1CCCCC1. The van der Waals surface area contributed by atoms with Gasteiger partial charge in [-0.25, -0.2) is 8.42 Å². The van der Waals surface area contributed by atoms with Gasteiger partial charge in [-0.15, -0.1) is 0 Å². The van der Waals surface area contributed by atoms with Crippen LogP contribution >= 0.6 is 0 Å². The second kappa shape index (κ2) is 7.04. The van der Waals surface area contributed by atoms with Crippen molar-refractivity contribution in [1.29, 1.82) is 0 Å². The number of hydrogen-bond donors (Lipinski definition) is 1. The van der Waals surface area contributed by atoms with E-state index in [1.165, 1.54) is 32.1 Å². The number of nitrogens with zero attached hydrogens (tertiary/aromatic N) is 1. The Kier molecular flexibility index (Phi) is 5.66. The van der Waals surface area contributed by atoms with Crippen molar-refractivity contribution in [2.75, 3.05) is 37.7 Å². The van der Waals surface area contributed by atoms with E-state index in [-0.39, 0.29) is 5.75 Å². The van der Waals surface area contributed by atoms with Crippen LogP contribution < -0.4 is 5.32 Å². The van der Waals surface area contributed by atoms with E-state index >= 15 is 0 Å². The average molecular weight is 288 g/mol. The fourth-order valence-corrected chi connectivity index (χ4v) is 4.23. The van der Waals surface area contributed by atoms with Crippen molar-refractivity contribution in [3.05, 3.63) is 0 Å². The molecule has 1 saturated carbocycles. The number of piperazine rings is 1. The molecule has 1 unspecified atom stereocenters. The van der Waals surface area contributed by atoms with Gasteiger partial charge in [-0.3, -0.25) is 4.90 Å². The maximum Gasteiger partial charge on any atom is 0.151 e. The maximum absolute atomic E-state index is 11.7. The molecule has 1 aliphatic heterocycles. The van der Waals surface area contributed by atoms with Crippen LogP contribution in [0.1, 0.15) is 39.0 Å². The van der Waals surface area contributed by atoms with Crippen molar-refractivity contribution in [2.45, 2.75) is 45.1 Å². The zero-order valence-electron chi connectivity index (χ0n) is 12.1. The predicted octanol–water partition coefficient (Wildman–Crippen LogP) is 1.28. The molecule has 0 aromatic carbocycles. The van der Waals surface area contributed by atoms with Gasteiger partial charge in [0.05, 0.1) is 5.75 Å². The zero-order valence-corrected chi connectivity index (χ0v) is 12.9. The number of nitrogens with one attached hydrogen (secondary N) is 1. The Hall–Kier alpha value is -0.130. The lowest BCUT2D eigenvalue weighted by Crippen LogP contribution is -2.55. The van der Waals surface area contributed by atoms with E-state index in [0.717, 1.165) is 32.1 Å². The third-order valence-corrected chi connectivity index (χ3v) is 6.41. The molecule has 1 atom stereocenters. The van der Waals surface area contributed by atoms with E-state index in [2.05, 4.69) is 10.2 Å². The van der Waals surface area contributed by atoms with Crippen molar-refractivity contribution in [2.24, 2.45) is 5.92 Å². The second-order valence-corrected chi connectivity index (χ2v) is 8.41. The normalized spacial score (nSPS) is 27.5. The summed E-state index contributed by atoms with van der Waals surface area (Å²) >= 11 is 0. The van der Waals surface area contributed by atoms with Crippen molar-refractivity contribution < 1.29 is 8.42 Å². The highest BCUT2D eigenvalue weighted by molar-refractivity contribution is 7.91. The summed E-state index contributed by atoms with van der Waals surface area (Å²) in [6.45, 7) is 5.50. The van der Waals surface area contributed by atoms with Crippen LogP contribution in [0.4, 0.5) is 0 Å². The monoisotopic (exact) mass is 288 g/mol. The second-order valence-electron chi connectivity index (χ2n) is 5.94. The Morgan fingerprint density at radius 2 is 1.95 bits per heavy atom. The first-order valence-electron chi connectivity index (χ1n) is 7.77. The van der Waals surface area contributed by atoms with Gasteiger partial charge in [-0.2, -0.15) is 0 Å². The summed E-state index contributed by atoms with van der Waals surface area (Å²) in [6.07, 6.45) is 6.72. The van der Waals surface area contributed by atoms with Crippen LogP contribution in [0.15, 0.2) is 0 Å². The topological polar surface area (TPSA) is 49.4 Å². The summed E-state index contributed by atoms with van der Waals surface area (Å²) in [4.78, 5) is 2.43. The molecule has 2 aliphatic rings. The van der Waals surface area contributed by atoms with Crippen molar-refractivity contribution in [3.63, 3.8) is 0 Å². The average Bonchev–Trinajstić information content (AvgIpc) is 2.46. The molecule has 2 rings (SSSR count). The molecule has 1 aliphatic carbocycles. The van der Waals surface area contributed by atoms with Gasteiger partial charge in [0.25, 0.3) is 0 Å². The van der Waals surface area contributed by atoms with Crippen LogP contribution in [0, 0.1) is 5.92 Å². The summed E-state index contributed by atoms with van der Waals surface area (Å²) in [6, 6.07) is 0.557. The van der Waals surface area contributed by atoms with E-state index in [4.69, 9.17) is 0 Å². The lowest BCUT2D eigenvalue weighted by Gasteiger charge is -2.42.